The van der Waals surface area contributed by atoms with Crippen LogP contribution in [-0.4, -0.2) is 38.5 Å². The molecular formula is C30H25BrN2O5S2. The van der Waals surface area contributed by atoms with Crippen molar-refractivity contribution >= 4 is 62.2 Å². The van der Waals surface area contributed by atoms with E-state index >= 15 is 0 Å². The maximum Gasteiger partial charge on any atom is 0.234 e. The predicted octanol–water partition coefficient (Wildman–Crippen LogP) is 5.31. The minimum absolute atomic E-state index is 0.0423. The summed E-state index contributed by atoms with van der Waals surface area (Å²) in [5.41, 5.74) is 1.44. The molecule has 2 saturated heterocycles. The van der Waals surface area contributed by atoms with Gasteiger partial charge in [0.25, 0.3) is 0 Å². The fraction of sp³-hybridized carbons (Fsp3) is 0.333. The zero-order valence-corrected chi connectivity index (χ0v) is 24.5. The van der Waals surface area contributed by atoms with E-state index in [0.29, 0.717) is 18.4 Å². The van der Waals surface area contributed by atoms with Gasteiger partial charge in [-0.2, -0.15) is 0 Å². The van der Waals surface area contributed by atoms with E-state index in [0.717, 1.165) is 19.8 Å². The molecule has 0 bridgehead atoms. The Morgan fingerprint density at radius 1 is 0.800 bits per heavy atom. The van der Waals surface area contributed by atoms with Crippen LogP contribution in [0.2, 0.25) is 0 Å². The number of rotatable bonds is 5. The summed E-state index contributed by atoms with van der Waals surface area (Å²) in [5, 5.41) is 14.8. The Morgan fingerprint density at radius 3 is 2.05 bits per heavy atom. The molecule has 6 unspecified atom stereocenters. The molecule has 204 valence electrons. The zero-order chi connectivity index (χ0) is 27.7. The third-order valence-corrected chi connectivity index (χ3v) is 11.2. The molecule has 2 aliphatic carbocycles. The number of hydrogen-bond donors (Lipinski definition) is 1. The molecule has 10 heteroatoms. The van der Waals surface area contributed by atoms with Gasteiger partial charge in [0.1, 0.15) is 5.75 Å². The van der Waals surface area contributed by atoms with Crippen LogP contribution in [0.1, 0.15) is 34.1 Å². The molecule has 4 aliphatic rings. The fourth-order valence-corrected chi connectivity index (χ4v) is 9.03. The van der Waals surface area contributed by atoms with Crippen LogP contribution in [0.4, 0.5) is 0 Å². The summed E-state index contributed by atoms with van der Waals surface area (Å²) >= 11 is 6.50. The Labute approximate surface area is 247 Å². The Bertz CT molecular complexity index is 1570. The average Bonchev–Trinajstić information content (AvgIpc) is 3.74. The first-order valence-electron chi connectivity index (χ1n) is 13.3. The summed E-state index contributed by atoms with van der Waals surface area (Å²) in [4.78, 5) is 59.8. The summed E-state index contributed by atoms with van der Waals surface area (Å²) in [5.74, 6) is -4.14. The Morgan fingerprint density at radius 2 is 1.43 bits per heavy atom. The smallest absolute Gasteiger partial charge is 0.234 e. The molecule has 40 heavy (non-hydrogen) atoms. The van der Waals surface area contributed by atoms with E-state index in [2.05, 4.69) is 15.9 Å². The highest BCUT2D eigenvalue weighted by atomic mass is 79.9. The van der Waals surface area contributed by atoms with Crippen LogP contribution >= 0.6 is 38.6 Å². The molecule has 7 nitrogen and oxygen atoms in total. The number of hydrogen-bond acceptors (Lipinski definition) is 7. The number of amides is 4. The average molecular weight is 638 g/mol. The molecular weight excluding hydrogens is 612 g/mol. The molecule has 0 radical (unpaired) electrons. The molecule has 4 amide bonds. The lowest BCUT2D eigenvalue weighted by Crippen LogP contribution is -2.43. The molecule has 0 spiro atoms. The SMILES string of the molecule is O=C1C2CC=C3C(CC4C(=O)N(Cc5cccs5)C(=O)C4C3c3cc(Br)ccc3O)C2C(=O)N1Cc1cccs1. The van der Waals surface area contributed by atoms with Crippen molar-refractivity contribution in [2.75, 3.05) is 0 Å². The van der Waals surface area contributed by atoms with Crippen molar-refractivity contribution in [2.24, 2.45) is 29.6 Å². The number of halogens is 1. The maximum atomic E-state index is 14.0. The van der Waals surface area contributed by atoms with Gasteiger partial charge < -0.3 is 5.11 Å². The van der Waals surface area contributed by atoms with Gasteiger partial charge in [-0.05, 0) is 59.9 Å². The van der Waals surface area contributed by atoms with Gasteiger partial charge in [0.05, 0.1) is 36.8 Å². The monoisotopic (exact) mass is 636 g/mol. The number of fused-ring (bicyclic) bond motifs is 4. The lowest BCUT2D eigenvalue weighted by atomic mass is 9.57. The number of phenols is 1. The van der Waals surface area contributed by atoms with Gasteiger partial charge in [0.15, 0.2) is 0 Å². The number of likely N-dealkylation sites (tertiary alicyclic amines) is 2. The van der Waals surface area contributed by atoms with Gasteiger partial charge in [-0.3, -0.25) is 29.0 Å². The topological polar surface area (TPSA) is 95.0 Å². The van der Waals surface area contributed by atoms with Crippen LogP contribution in [0.25, 0.3) is 0 Å². The predicted molar refractivity (Wildman–Crippen MR) is 153 cm³/mol. The molecule has 3 fully saturated rings. The van der Waals surface area contributed by atoms with E-state index in [1.54, 1.807) is 18.2 Å². The molecule has 1 saturated carbocycles. The molecule has 1 N–H and O–H groups in total. The number of carbonyl (C=O) groups is 4. The summed E-state index contributed by atoms with van der Waals surface area (Å²) in [6.07, 6.45) is 2.73. The normalized spacial score (nSPS) is 29.5. The van der Waals surface area contributed by atoms with Crippen molar-refractivity contribution in [2.45, 2.75) is 31.8 Å². The molecule has 1 aromatic carbocycles. The van der Waals surface area contributed by atoms with Gasteiger partial charge in [-0.15, -0.1) is 22.7 Å². The van der Waals surface area contributed by atoms with E-state index in [1.807, 2.05) is 41.1 Å². The third-order valence-electron chi connectivity index (χ3n) is 8.94. The van der Waals surface area contributed by atoms with Crippen LogP contribution in [-0.2, 0) is 32.3 Å². The van der Waals surface area contributed by atoms with Gasteiger partial charge in [0, 0.05) is 25.7 Å². The molecule has 2 aliphatic heterocycles. The Balaban J connectivity index is 1.30. The number of carbonyl (C=O) groups excluding carboxylic acids is 4. The number of phenolic OH excluding ortho intramolecular Hbond substituents is 1. The number of thiophene rings is 2. The second-order valence-electron chi connectivity index (χ2n) is 10.9. The number of nitrogens with zero attached hydrogens (tertiary/aromatic N) is 2. The van der Waals surface area contributed by atoms with Crippen molar-refractivity contribution < 1.29 is 24.3 Å². The second-order valence-corrected chi connectivity index (χ2v) is 13.9. The maximum absolute atomic E-state index is 14.0. The van der Waals surface area contributed by atoms with E-state index in [9.17, 15) is 24.3 Å². The number of aromatic hydroxyl groups is 1. The quantitative estimate of drug-likeness (QED) is 0.302. The minimum atomic E-state index is -0.679. The Kier molecular flexibility index (Phi) is 6.32. The van der Waals surface area contributed by atoms with Crippen LogP contribution in [0.15, 0.2) is 69.3 Å². The zero-order valence-electron chi connectivity index (χ0n) is 21.2. The lowest BCUT2D eigenvalue weighted by Gasteiger charge is -2.44. The first-order chi connectivity index (χ1) is 19.3. The lowest BCUT2D eigenvalue weighted by molar-refractivity contribution is -0.142. The Hall–Kier alpha value is -3.08. The number of allylic oxidation sites excluding steroid dienone is 2. The van der Waals surface area contributed by atoms with Crippen LogP contribution < -0.4 is 0 Å². The fourth-order valence-electron chi connectivity index (χ4n) is 7.27. The van der Waals surface area contributed by atoms with Crippen LogP contribution in [0.5, 0.6) is 5.75 Å². The molecule has 2 aromatic heterocycles. The van der Waals surface area contributed by atoms with Crippen LogP contribution in [0.3, 0.4) is 0 Å². The number of benzene rings is 1. The summed E-state index contributed by atoms with van der Waals surface area (Å²) in [6.45, 7) is 0.458. The minimum Gasteiger partial charge on any atom is -0.508 e. The van der Waals surface area contributed by atoms with Crippen molar-refractivity contribution in [1.82, 2.24) is 9.80 Å². The van der Waals surface area contributed by atoms with Crippen molar-refractivity contribution in [3.05, 3.63) is 84.7 Å². The largest absolute Gasteiger partial charge is 0.508 e. The highest BCUT2D eigenvalue weighted by Crippen LogP contribution is 2.59. The van der Waals surface area contributed by atoms with E-state index in [-0.39, 0.29) is 48.4 Å². The van der Waals surface area contributed by atoms with Gasteiger partial charge in [-0.1, -0.05) is 39.7 Å². The van der Waals surface area contributed by atoms with Gasteiger partial charge in [-0.25, -0.2) is 0 Å². The summed E-state index contributed by atoms with van der Waals surface area (Å²) < 4.78 is 0.745. The highest BCUT2D eigenvalue weighted by Gasteiger charge is 2.62. The van der Waals surface area contributed by atoms with Crippen molar-refractivity contribution in [1.29, 1.82) is 0 Å². The first-order valence-corrected chi connectivity index (χ1v) is 15.8. The molecule has 6 atom stereocenters. The first kappa shape index (κ1) is 25.9. The highest BCUT2D eigenvalue weighted by molar-refractivity contribution is 9.10. The summed E-state index contributed by atoms with van der Waals surface area (Å²) in [6, 6.07) is 12.7. The summed E-state index contributed by atoms with van der Waals surface area (Å²) in [7, 11) is 0. The van der Waals surface area contributed by atoms with Crippen molar-refractivity contribution in [3.8, 4) is 5.75 Å². The van der Waals surface area contributed by atoms with E-state index in [1.165, 1.54) is 32.5 Å². The van der Waals surface area contributed by atoms with Crippen LogP contribution in [0, 0.1) is 29.6 Å². The molecule has 3 aromatic rings. The standard InChI is InChI=1S/C30H25BrN2O5S2/c31-15-5-8-23(34)21(11-15)24-18-6-7-19-25(29(37)32(27(19)35)13-16-3-1-9-39-16)20(18)12-22-26(24)30(38)33(28(22)36)14-17-4-2-10-40-17/h1-6,8-11,19-20,22,24-26,34H,7,12-14H2. The third kappa shape index (κ3) is 3.94. The molecule has 4 heterocycles. The second kappa shape index (κ2) is 9.78. The van der Waals surface area contributed by atoms with Gasteiger partial charge >= 0.3 is 0 Å². The van der Waals surface area contributed by atoms with Gasteiger partial charge in [0.2, 0.25) is 23.6 Å². The molecule has 7 rings (SSSR count). The number of imide groups is 2. The van der Waals surface area contributed by atoms with E-state index < -0.39 is 29.6 Å². The van der Waals surface area contributed by atoms with Crippen molar-refractivity contribution in [3.63, 3.8) is 0 Å². The van der Waals surface area contributed by atoms with E-state index in [4.69, 9.17) is 0 Å².